The van der Waals surface area contributed by atoms with Gasteiger partial charge in [0.15, 0.2) is 6.19 Å². The van der Waals surface area contributed by atoms with Crippen molar-refractivity contribution in [3.05, 3.63) is 30.1 Å². The first-order valence-electron chi connectivity index (χ1n) is 4.99. The molecule has 0 aliphatic carbocycles. The topological polar surface area (TPSA) is 65.9 Å². The molecule has 4 heteroatoms. The van der Waals surface area contributed by atoms with Gasteiger partial charge in [-0.1, -0.05) is 6.07 Å². The highest BCUT2D eigenvalue weighted by Crippen LogP contribution is 2.29. The normalized spacial score (nSPS) is 20.1. The zero-order valence-corrected chi connectivity index (χ0v) is 8.93. The Morgan fingerprint density at radius 2 is 2.40 bits per heavy atom. The minimum absolute atomic E-state index is 0.610. The third kappa shape index (κ3) is 3.22. The summed E-state index contributed by atoms with van der Waals surface area (Å²) in [5, 5.41) is 7.10. The van der Waals surface area contributed by atoms with Crippen LogP contribution in [0.3, 0.4) is 0 Å². The van der Waals surface area contributed by atoms with Crippen LogP contribution in [0.15, 0.2) is 24.5 Å². The Balaban J connectivity index is 0.000000337. The maximum atomic E-state index is 7.10. The van der Waals surface area contributed by atoms with E-state index >= 15 is 0 Å². The first kappa shape index (κ1) is 11.5. The molecule has 0 spiro atoms. The number of rotatable bonds is 1. The van der Waals surface area contributed by atoms with Crippen LogP contribution in [0.1, 0.15) is 24.4 Å². The molecule has 15 heavy (non-hydrogen) atoms. The largest absolute Gasteiger partial charge is 0.337 e. The summed E-state index contributed by atoms with van der Waals surface area (Å²) in [4.78, 5) is 6.54. The van der Waals surface area contributed by atoms with E-state index in [2.05, 4.69) is 28.7 Å². The minimum atomic E-state index is 0.610. The second-order valence-corrected chi connectivity index (χ2v) is 3.55. The van der Waals surface area contributed by atoms with Gasteiger partial charge in [0.05, 0.1) is 0 Å². The van der Waals surface area contributed by atoms with Crippen LogP contribution in [0.25, 0.3) is 0 Å². The number of nitrogens with two attached hydrogens (primary N) is 1. The summed E-state index contributed by atoms with van der Waals surface area (Å²) >= 11 is 0. The maximum absolute atomic E-state index is 7.10. The van der Waals surface area contributed by atoms with Gasteiger partial charge in [-0.2, -0.15) is 5.26 Å². The monoisotopic (exact) mass is 204 g/mol. The number of hydrogen-bond donors (Lipinski definition) is 1. The molecule has 1 aromatic rings. The maximum Gasteiger partial charge on any atom is 0.173 e. The smallest absolute Gasteiger partial charge is 0.173 e. The Labute approximate surface area is 90.3 Å². The molecule has 0 bridgehead atoms. The zero-order valence-electron chi connectivity index (χ0n) is 8.93. The molecule has 1 fully saturated rings. The lowest BCUT2D eigenvalue weighted by molar-refractivity contribution is 0.317. The molecule has 80 valence electrons. The molecule has 1 aliphatic rings. The van der Waals surface area contributed by atoms with Gasteiger partial charge >= 0.3 is 0 Å². The first-order valence-corrected chi connectivity index (χ1v) is 4.99. The third-order valence-electron chi connectivity index (χ3n) is 2.59. The summed E-state index contributed by atoms with van der Waals surface area (Å²) < 4.78 is 0. The highest BCUT2D eigenvalue weighted by atomic mass is 15.1. The van der Waals surface area contributed by atoms with E-state index in [1.807, 2.05) is 18.5 Å². The summed E-state index contributed by atoms with van der Waals surface area (Å²) in [6.07, 6.45) is 7.66. The van der Waals surface area contributed by atoms with E-state index < -0.39 is 0 Å². The van der Waals surface area contributed by atoms with E-state index in [0.29, 0.717) is 6.04 Å². The van der Waals surface area contributed by atoms with Crippen molar-refractivity contribution < 1.29 is 0 Å². The lowest BCUT2D eigenvalue weighted by atomic mass is 10.1. The van der Waals surface area contributed by atoms with Crippen molar-refractivity contribution in [2.75, 3.05) is 13.6 Å². The molecule has 0 amide bonds. The molecule has 4 nitrogen and oxygen atoms in total. The summed E-state index contributed by atoms with van der Waals surface area (Å²) in [6, 6.07) is 4.79. The Hall–Kier alpha value is -1.60. The molecule has 2 rings (SSSR count). The average Bonchev–Trinajstić information content (AvgIpc) is 2.67. The van der Waals surface area contributed by atoms with Crippen molar-refractivity contribution >= 4 is 0 Å². The number of aromatic nitrogens is 1. The molecule has 1 aliphatic heterocycles. The number of pyridine rings is 1. The highest BCUT2D eigenvalue weighted by molar-refractivity contribution is 5.14. The molecule has 1 aromatic heterocycles. The minimum Gasteiger partial charge on any atom is -0.337 e. The molecular weight excluding hydrogens is 188 g/mol. The van der Waals surface area contributed by atoms with E-state index in [4.69, 9.17) is 5.26 Å². The second kappa shape index (κ2) is 5.99. The van der Waals surface area contributed by atoms with Crippen LogP contribution in [0, 0.1) is 11.5 Å². The third-order valence-corrected chi connectivity index (χ3v) is 2.59. The molecule has 2 N–H and O–H groups in total. The number of nitrogens with zero attached hydrogens (tertiary/aromatic N) is 3. The van der Waals surface area contributed by atoms with E-state index in [-0.39, 0.29) is 0 Å². The predicted molar refractivity (Wildman–Crippen MR) is 58.6 cm³/mol. The molecule has 2 heterocycles. The van der Waals surface area contributed by atoms with Gasteiger partial charge in [-0.3, -0.25) is 9.88 Å². The van der Waals surface area contributed by atoms with E-state index in [1.54, 1.807) is 0 Å². The Bertz CT molecular complexity index is 317. The SMILES string of the molecule is CN1CCCC1c1cccnc1.N#CN. The van der Waals surface area contributed by atoms with Gasteiger partial charge < -0.3 is 5.73 Å². The zero-order chi connectivity index (χ0) is 11.1. The van der Waals surface area contributed by atoms with E-state index in [0.717, 1.165) is 0 Å². The van der Waals surface area contributed by atoms with Crippen molar-refractivity contribution in [2.24, 2.45) is 5.73 Å². The van der Waals surface area contributed by atoms with Crippen molar-refractivity contribution in [3.8, 4) is 6.19 Å². The van der Waals surface area contributed by atoms with Gasteiger partial charge in [-0.25, -0.2) is 0 Å². The fourth-order valence-electron chi connectivity index (χ4n) is 1.90. The van der Waals surface area contributed by atoms with Gasteiger partial charge in [-0.15, -0.1) is 0 Å². The lowest BCUT2D eigenvalue weighted by Crippen LogP contribution is -2.17. The van der Waals surface area contributed by atoms with Crippen LogP contribution in [-0.4, -0.2) is 23.5 Å². The number of nitriles is 1. The predicted octanol–water partition coefficient (Wildman–Crippen LogP) is 1.27. The lowest BCUT2D eigenvalue weighted by Gasteiger charge is -2.18. The molecule has 1 unspecified atom stereocenters. The van der Waals surface area contributed by atoms with Crippen molar-refractivity contribution in [2.45, 2.75) is 18.9 Å². The summed E-state index contributed by atoms with van der Waals surface area (Å²) in [7, 11) is 2.19. The van der Waals surface area contributed by atoms with Crippen LogP contribution in [-0.2, 0) is 0 Å². The van der Waals surface area contributed by atoms with Crippen LogP contribution >= 0.6 is 0 Å². The van der Waals surface area contributed by atoms with Crippen molar-refractivity contribution in [3.63, 3.8) is 0 Å². The first-order chi connectivity index (χ1) is 7.29. The Morgan fingerprint density at radius 3 is 2.87 bits per heavy atom. The van der Waals surface area contributed by atoms with Gasteiger partial charge in [0, 0.05) is 18.4 Å². The van der Waals surface area contributed by atoms with Gasteiger partial charge in [0.25, 0.3) is 0 Å². The van der Waals surface area contributed by atoms with Crippen LogP contribution < -0.4 is 5.73 Å². The van der Waals surface area contributed by atoms with E-state index in [9.17, 15) is 0 Å². The van der Waals surface area contributed by atoms with Crippen LogP contribution in [0.5, 0.6) is 0 Å². The van der Waals surface area contributed by atoms with Crippen molar-refractivity contribution in [1.82, 2.24) is 9.88 Å². The highest BCUT2D eigenvalue weighted by Gasteiger charge is 2.21. The molecule has 0 radical (unpaired) electrons. The summed E-state index contributed by atoms with van der Waals surface area (Å²) in [5.41, 5.74) is 5.51. The van der Waals surface area contributed by atoms with Crippen molar-refractivity contribution in [1.29, 1.82) is 5.26 Å². The standard InChI is InChI=1S/C10H14N2.CH2N2/c1-12-7-3-5-10(12)9-4-2-6-11-8-9;2-1-3/h2,4,6,8,10H,3,5,7H2,1H3;2H2. The number of likely N-dealkylation sites (tertiary alicyclic amines) is 1. The molecular formula is C11H16N4. The quantitative estimate of drug-likeness (QED) is 0.552. The van der Waals surface area contributed by atoms with Crippen LogP contribution in [0.2, 0.25) is 0 Å². The second-order valence-electron chi connectivity index (χ2n) is 3.55. The van der Waals surface area contributed by atoms with E-state index in [1.165, 1.54) is 31.1 Å². The fraction of sp³-hybridized carbons (Fsp3) is 0.455. The molecule has 0 saturated carbocycles. The summed E-state index contributed by atoms with van der Waals surface area (Å²) in [6.45, 7) is 1.22. The average molecular weight is 204 g/mol. The van der Waals surface area contributed by atoms with Gasteiger partial charge in [-0.05, 0) is 38.1 Å². The number of hydrogen-bond acceptors (Lipinski definition) is 4. The fourth-order valence-corrected chi connectivity index (χ4v) is 1.90. The van der Waals surface area contributed by atoms with Crippen LogP contribution in [0.4, 0.5) is 0 Å². The molecule has 1 atom stereocenters. The molecule has 1 saturated heterocycles. The Kier molecular flexibility index (Phi) is 4.58. The van der Waals surface area contributed by atoms with Gasteiger partial charge in [0.1, 0.15) is 0 Å². The molecule has 0 aromatic carbocycles. The Morgan fingerprint density at radius 1 is 1.67 bits per heavy atom. The van der Waals surface area contributed by atoms with Gasteiger partial charge in [0.2, 0.25) is 0 Å². The summed E-state index contributed by atoms with van der Waals surface area (Å²) in [5.74, 6) is 0.